The molecule has 2 aromatic heterocycles. The summed E-state index contributed by atoms with van der Waals surface area (Å²) >= 11 is 1.40. The number of carbonyl (C=O) groups excluding carboxylic acids is 1. The van der Waals surface area contributed by atoms with Gasteiger partial charge < -0.3 is 15.4 Å². The molecule has 6 nitrogen and oxygen atoms in total. The minimum absolute atomic E-state index is 0.0643. The molecule has 0 saturated carbocycles. The summed E-state index contributed by atoms with van der Waals surface area (Å²) in [6.45, 7) is 2.00. The second-order valence-corrected chi connectivity index (χ2v) is 6.85. The lowest BCUT2D eigenvalue weighted by Crippen LogP contribution is -2.35. The van der Waals surface area contributed by atoms with E-state index in [1.54, 1.807) is 11.9 Å². The molecule has 0 unspecified atom stereocenters. The van der Waals surface area contributed by atoms with E-state index in [0.29, 0.717) is 10.9 Å². The average molecular weight is 352 g/mol. The zero-order valence-electron chi connectivity index (χ0n) is 13.8. The summed E-state index contributed by atoms with van der Waals surface area (Å²) in [4.78, 5) is 23.4. The van der Waals surface area contributed by atoms with Gasteiger partial charge in [-0.3, -0.25) is 9.78 Å². The minimum Gasteiger partial charge on any atom is -0.482 e. The number of ether oxygens (including phenoxy) is 1. The summed E-state index contributed by atoms with van der Waals surface area (Å²) < 4.78 is 5.49. The number of aromatic nitrogens is 2. The number of fused-ring (bicyclic) bond motifs is 1. The summed E-state index contributed by atoms with van der Waals surface area (Å²) in [6.07, 6.45) is 0. The second-order valence-electron chi connectivity index (χ2n) is 5.82. The van der Waals surface area contributed by atoms with Crippen LogP contribution >= 0.6 is 11.3 Å². The maximum absolute atomic E-state index is 11.9. The van der Waals surface area contributed by atoms with E-state index in [1.165, 1.54) is 11.3 Å². The van der Waals surface area contributed by atoms with E-state index >= 15 is 0 Å². The zero-order chi connectivity index (χ0) is 17.6. The summed E-state index contributed by atoms with van der Waals surface area (Å²) in [5.74, 6) is 0.618. The number of thiazole rings is 1. The Kier molecular flexibility index (Phi) is 3.65. The molecule has 0 aliphatic carbocycles. The lowest BCUT2D eigenvalue weighted by Gasteiger charge is -2.26. The fraction of sp³-hybridized carbons (Fsp3) is 0.167. The standard InChI is InChI=1S/C18H16N4O2S/c1-10-4-3-5-12(20-10)16-17(25-18(19)21-16)11-6-7-14-13(8-11)22(2)15(23)9-24-14/h3-8H,9H2,1-2H3,(H2,19,21). The van der Waals surface area contributed by atoms with E-state index in [-0.39, 0.29) is 12.5 Å². The molecule has 2 N–H and O–H groups in total. The first kappa shape index (κ1) is 15.6. The van der Waals surface area contributed by atoms with Crippen molar-refractivity contribution in [3.63, 3.8) is 0 Å². The minimum atomic E-state index is -0.0750. The largest absolute Gasteiger partial charge is 0.482 e. The number of hydrogen-bond acceptors (Lipinski definition) is 6. The second kappa shape index (κ2) is 5.86. The SMILES string of the molecule is Cc1cccc(-c2nc(N)sc2-c2ccc3c(c2)N(C)C(=O)CO3)n1. The third-order valence-corrected chi connectivity index (χ3v) is 5.02. The molecule has 0 radical (unpaired) electrons. The third-order valence-electron chi connectivity index (χ3n) is 4.08. The molecule has 1 aliphatic rings. The van der Waals surface area contributed by atoms with Crippen LogP contribution < -0.4 is 15.4 Å². The Morgan fingerprint density at radius 3 is 2.88 bits per heavy atom. The number of hydrogen-bond donors (Lipinski definition) is 1. The highest BCUT2D eigenvalue weighted by atomic mass is 32.1. The van der Waals surface area contributed by atoms with Crippen molar-refractivity contribution >= 4 is 28.1 Å². The van der Waals surface area contributed by atoms with Crippen LogP contribution in [0.4, 0.5) is 10.8 Å². The smallest absolute Gasteiger partial charge is 0.264 e. The van der Waals surface area contributed by atoms with Gasteiger partial charge in [0.05, 0.1) is 16.3 Å². The molecule has 0 atom stereocenters. The van der Waals surface area contributed by atoms with Crippen LogP contribution in [0.15, 0.2) is 36.4 Å². The van der Waals surface area contributed by atoms with Crippen molar-refractivity contribution in [2.45, 2.75) is 6.92 Å². The van der Waals surface area contributed by atoms with Crippen molar-refractivity contribution < 1.29 is 9.53 Å². The molecular weight excluding hydrogens is 336 g/mol. The Labute approximate surface area is 148 Å². The number of benzene rings is 1. The highest BCUT2D eigenvalue weighted by molar-refractivity contribution is 7.19. The van der Waals surface area contributed by atoms with Gasteiger partial charge in [0, 0.05) is 12.7 Å². The first-order valence-electron chi connectivity index (χ1n) is 7.77. The first-order valence-corrected chi connectivity index (χ1v) is 8.58. The van der Waals surface area contributed by atoms with Crippen LogP contribution in [0.25, 0.3) is 21.8 Å². The lowest BCUT2D eigenvalue weighted by atomic mass is 10.1. The molecule has 25 heavy (non-hydrogen) atoms. The molecule has 0 bridgehead atoms. The van der Waals surface area contributed by atoms with Gasteiger partial charge in [-0.2, -0.15) is 0 Å². The van der Waals surface area contributed by atoms with Crippen LogP contribution in [0.5, 0.6) is 5.75 Å². The maximum atomic E-state index is 11.9. The van der Waals surface area contributed by atoms with Crippen LogP contribution in [0, 0.1) is 6.92 Å². The number of rotatable bonds is 2. The molecule has 3 aromatic rings. The summed E-state index contributed by atoms with van der Waals surface area (Å²) in [5, 5.41) is 0.478. The van der Waals surface area contributed by atoms with Gasteiger partial charge in [-0.25, -0.2) is 4.98 Å². The number of amides is 1. The number of carbonyl (C=O) groups is 1. The first-order chi connectivity index (χ1) is 12.0. The Balaban J connectivity index is 1.85. The molecule has 126 valence electrons. The normalized spacial score (nSPS) is 13.5. The highest BCUT2D eigenvalue weighted by Crippen LogP contribution is 2.41. The van der Waals surface area contributed by atoms with Crippen molar-refractivity contribution in [3.8, 4) is 27.6 Å². The van der Waals surface area contributed by atoms with E-state index in [4.69, 9.17) is 10.5 Å². The number of nitrogens with two attached hydrogens (primary N) is 1. The van der Waals surface area contributed by atoms with Gasteiger partial charge in [0.2, 0.25) is 0 Å². The van der Waals surface area contributed by atoms with E-state index in [2.05, 4.69) is 9.97 Å². The van der Waals surface area contributed by atoms with Gasteiger partial charge in [-0.1, -0.05) is 17.4 Å². The van der Waals surface area contributed by atoms with Crippen LogP contribution in [0.2, 0.25) is 0 Å². The third kappa shape index (κ3) is 2.72. The molecule has 3 heterocycles. The van der Waals surface area contributed by atoms with Crippen molar-refractivity contribution in [2.24, 2.45) is 0 Å². The molecule has 0 saturated heterocycles. The molecule has 1 aromatic carbocycles. The van der Waals surface area contributed by atoms with E-state index in [0.717, 1.165) is 33.2 Å². The van der Waals surface area contributed by atoms with Crippen LogP contribution in [-0.2, 0) is 4.79 Å². The van der Waals surface area contributed by atoms with E-state index in [1.807, 2.05) is 43.3 Å². The fourth-order valence-corrected chi connectivity index (χ4v) is 3.63. The van der Waals surface area contributed by atoms with Gasteiger partial charge in [0.15, 0.2) is 11.7 Å². The molecule has 4 rings (SSSR count). The number of likely N-dealkylation sites (N-methyl/N-ethyl adjacent to an activating group) is 1. The predicted octanol–water partition coefficient (Wildman–Crippen LogP) is 3.12. The number of nitrogen functional groups attached to an aromatic ring is 1. The van der Waals surface area contributed by atoms with Crippen LogP contribution in [-0.4, -0.2) is 29.5 Å². The summed E-state index contributed by atoms with van der Waals surface area (Å²) in [7, 11) is 1.75. The summed E-state index contributed by atoms with van der Waals surface area (Å²) in [5.41, 5.74) is 10.1. The maximum Gasteiger partial charge on any atom is 0.264 e. The zero-order valence-corrected chi connectivity index (χ0v) is 14.6. The van der Waals surface area contributed by atoms with Crippen molar-refractivity contribution in [1.82, 2.24) is 9.97 Å². The lowest BCUT2D eigenvalue weighted by molar-refractivity contribution is -0.120. The predicted molar refractivity (Wildman–Crippen MR) is 98.8 cm³/mol. The fourth-order valence-electron chi connectivity index (χ4n) is 2.79. The van der Waals surface area contributed by atoms with Crippen molar-refractivity contribution in [1.29, 1.82) is 0 Å². The molecule has 1 aliphatic heterocycles. The number of aryl methyl sites for hydroxylation is 1. The van der Waals surface area contributed by atoms with Crippen molar-refractivity contribution in [3.05, 3.63) is 42.1 Å². The quantitative estimate of drug-likeness (QED) is 0.766. The molecule has 0 fully saturated rings. The number of pyridine rings is 1. The topological polar surface area (TPSA) is 81.3 Å². The highest BCUT2D eigenvalue weighted by Gasteiger charge is 2.24. The average Bonchev–Trinajstić information content (AvgIpc) is 3.00. The van der Waals surface area contributed by atoms with Gasteiger partial charge in [0.25, 0.3) is 5.91 Å². The molecule has 0 spiro atoms. The molecular formula is C18H16N4O2S. The van der Waals surface area contributed by atoms with Gasteiger partial charge in [0.1, 0.15) is 11.4 Å². The van der Waals surface area contributed by atoms with Crippen LogP contribution in [0.3, 0.4) is 0 Å². The van der Waals surface area contributed by atoms with E-state index < -0.39 is 0 Å². The monoisotopic (exact) mass is 352 g/mol. The van der Waals surface area contributed by atoms with Gasteiger partial charge in [-0.15, -0.1) is 0 Å². The Morgan fingerprint density at radius 2 is 2.08 bits per heavy atom. The van der Waals surface area contributed by atoms with Crippen LogP contribution in [0.1, 0.15) is 5.69 Å². The van der Waals surface area contributed by atoms with E-state index in [9.17, 15) is 4.79 Å². The number of anilines is 2. The molecule has 7 heteroatoms. The Morgan fingerprint density at radius 1 is 1.24 bits per heavy atom. The van der Waals surface area contributed by atoms with Gasteiger partial charge in [-0.05, 0) is 42.8 Å². The van der Waals surface area contributed by atoms with Crippen molar-refractivity contribution in [2.75, 3.05) is 24.3 Å². The molecule has 1 amide bonds. The number of nitrogens with zero attached hydrogens (tertiary/aromatic N) is 3. The Hall–Kier alpha value is -2.93. The Bertz CT molecular complexity index is 983. The van der Waals surface area contributed by atoms with Gasteiger partial charge >= 0.3 is 0 Å². The summed E-state index contributed by atoms with van der Waals surface area (Å²) in [6, 6.07) is 11.6.